The standard InChI is InChI=1S/C18H17FN4/c1-11(2)4-5-13-9-17-18(22-23-21-17)10-16(13)20-14-6-7-15(19)12(3)8-14/h6-11,20H,1-3H3,(H,21,22,23). The van der Waals surface area contributed by atoms with Gasteiger partial charge in [-0.2, -0.15) is 0 Å². The number of hydrogen-bond donors (Lipinski definition) is 2. The van der Waals surface area contributed by atoms with E-state index in [4.69, 9.17) is 0 Å². The highest BCUT2D eigenvalue weighted by molar-refractivity contribution is 5.84. The summed E-state index contributed by atoms with van der Waals surface area (Å²) in [4.78, 5) is 0. The molecular weight excluding hydrogens is 291 g/mol. The van der Waals surface area contributed by atoms with Gasteiger partial charge >= 0.3 is 0 Å². The predicted octanol–water partition coefficient (Wildman–Crippen LogP) is 4.16. The van der Waals surface area contributed by atoms with E-state index in [0.29, 0.717) is 5.56 Å². The number of aryl methyl sites for hydroxylation is 1. The highest BCUT2D eigenvalue weighted by Crippen LogP contribution is 2.25. The zero-order chi connectivity index (χ0) is 16.4. The lowest BCUT2D eigenvalue weighted by Gasteiger charge is -2.10. The van der Waals surface area contributed by atoms with Crippen molar-refractivity contribution in [3.05, 3.63) is 47.3 Å². The van der Waals surface area contributed by atoms with E-state index < -0.39 is 0 Å². The molecule has 0 atom stereocenters. The lowest BCUT2D eigenvalue weighted by molar-refractivity contribution is 0.619. The maximum atomic E-state index is 13.4. The van der Waals surface area contributed by atoms with Crippen LogP contribution in [0.5, 0.6) is 0 Å². The number of aromatic amines is 1. The van der Waals surface area contributed by atoms with Crippen LogP contribution in [-0.2, 0) is 0 Å². The first kappa shape index (κ1) is 15.0. The second kappa shape index (κ2) is 6.09. The highest BCUT2D eigenvalue weighted by atomic mass is 19.1. The predicted molar refractivity (Wildman–Crippen MR) is 90.0 cm³/mol. The minimum atomic E-state index is -0.220. The Morgan fingerprint density at radius 2 is 2.04 bits per heavy atom. The average Bonchev–Trinajstić information content (AvgIpc) is 2.95. The van der Waals surface area contributed by atoms with Gasteiger partial charge in [-0.1, -0.05) is 30.9 Å². The van der Waals surface area contributed by atoms with Crippen molar-refractivity contribution in [3.8, 4) is 11.8 Å². The smallest absolute Gasteiger partial charge is 0.126 e. The Morgan fingerprint density at radius 3 is 2.78 bits per heavy atom. The lowest BCUT2D eigenvalue weighted by atomic mass is 10.1. The molecule has 0 radical (unpaired) electrons. The number of halogens is 1. The van der Waals surface area contributed by atoms with Crippen molar-refractivity contribution in [3.63, 3.8) is 0 Å². The van der Waals surface area contributed by atoms with Crippen LogP contribution in [-0.4, -0.2) is 15.4 Å². The zero-order valence-electron chi connectivity index (χ0n) is 13.2. The summed E-state index contributed by atoms with van der Waals surface area (Å²) in [6.07, 6.45) is 0. The number of aromatic nitrogens is 3. The number of hydrogen-bond acceptors (Lipinski definition) is 3. The van der Waals surface area contributed by atoms with E-state index >= 15 is 0 Å². The van der Waals surface area contributed by atoms with Gasteiger partial charge in [-0.05, 0) is 42.8 Å². The fourth-order valence-electron chi connectivity index (χ4n) is 2.20. The fourth-order valence-corrected chi connectivity index (χ4v) is 2.20. The van der Waals surface area contributed by atoms with Gasteiger partial charge in [0.15, 0.2) is 0 Å². The number of nitrogens with one attached hydrogen (secondary N) is 2. The van der Waals surface area contributed by atoms with E-state index in [-0.39, 0.29) is 11.7 Å². The molecule has 1 heterocycles. The number of benzene rings is 2. The highest BCUT2D eigenvalue weighted by Gasteiger charge is 2.07. The van der Waals surface area contributed by atoms with Crippen LogP contribution < -0.4 is 5.32 Å². The van der Waals surface area contributed by atoms with Gasteiger partial charge in [0.1, 0.15) is 11.3 Å². The van der Waals surface area contributed by atoms with Crippen molar-refractivity contribution in [2.45, 2.75) is 20.8 Å². The summed E-state index contributed by atoms with van der Waals surface area (Å²) >= 11 is 0. The van der Waals surface area contributed by atoms with Gasteiger partial charge in [0.2, 0.25) is 0 Å². The molecule has 0 amide bonds. The van der Waals surface area contributed by atoms with Gasteiger partial charge in [0.25, 0.3) is 0 Å². The van der Waals surface area contributed by atoms with E-state index in [9.17, 15) is 4.39 Å². The van der Waals surface area contributed by atoms with E-state index in [1.54, 1.807) is 19.1 Å². The van der Waals surface area contributed by atoms with Gasteiger partial charge in [0, 0.05) is 11.6 Å². The molecule has 0 bridgehead atoms. The van der Waals surface area contributed by atoms with Gasteiger partial charge < -0.3 is 5.32 Å². The van der Waals surface area contributed by atoms with Gasteiger partial charge in [-0.25, -0.2) is 4.39 Å². The maximum Gasteiger partial charge on any atom is 0.126 e. The van der Waals surface area contributed by atoms with Crippen LogP contribution in [0.2, 0.25) is 0 Å². The molecule has 2 aromatic carbocycles. The van der Waals surface area contributed by atoms with Crippen LogP contribution in [0.25, 0.3) is 11.0 Å². The third-order valence-corrected chi connectivity index (χ3v) is 3.40. The molecule has 0 saturated carbocycles. The molecule has 0 aliphatic heterocycles. The van der Waals surface area contributed by atoms with E-state index in [0.717, 1.165) is 28.0 Å². The molecule has 0 aliphatic carbocycles. The molecule has 0 saturated heterocycles. The second-order valence-electron chi connectivity index (χ2n) is 5.74. The molecule has 0 spiro atoms. The minimum Gasteiger partial charge on any atom is -0.354 e. The van der Waals surface area contributed by atoms with Crippen LogP contribution in [0.1, 0.15) is 25.0 Å². The summed E-state index contributed by atoms with van der Waals surface area (Å²) in [5.74, 6) is 6.39. The molecule has 3 aromatic rings. The van der Waals surface area contributed by atoms with Gasteiger partial charge in [-0.3, -0.25) is 5.10 Å². The van der Waals surface area contributed by atoms with E-state index in [2.05, 4.69) is 32.6 Å². The lowest BCUT2D eigenvalue weighted by Crippen LogP contribution is -1.96. The molecular formula is C18H17FN4. The Kier molecular flexibility index (Phi) is 3.98. The van der Waals surface area contributed by atoms with Crippen molar-refractivity contribution in [2.24, 2.45) is 5.92 Å². The first-order valence-electron chi connectivity index (χ1n) is 7.42. The van der Waals surface area contributed by atoms with Crippen LogP contribution in [0.15, 0.2) is 30.3 Å². The molecule has 2 N–H and O–H groups in total. The van der Waals surface area contributed by atoms with E-state index in [1.165, 1.54) is 6.07 Å². The molecule has 0 aliphatic rings. The van der Waals surface area contributed by atoms with Crippen LogP contribution >= 0.6 is 0 Å². The average molecular weight is 308 g/mol. The van der Waals surface area contributed by atoms with E-state index in [1.807, 2.05) is 26.0 Å². The molecule has 116 valence electrons. The molecule has 23 heavy (non-hydrogen) atoms. The summed E-state index contributed by atoms with van der Waals surface area (Å²) in [6, 6.07) is 8.73. The third-order valence-electron chi connectivity index (χ3n) is 3.40. The molecule has 4 nitrogen and oxygen atoms in total. The van der Waals surface area contributed by atoms with Crippen molar-refractivity contribution >= 4 is 22.4 Å². The number of fused-ring (bicyclic) bond motifs is 1. The van der Waals surface area contributed by atoms with Crippen molar-refractivity contribution < 1.29 is 4.39 Å². The Bertz CT molecular complexity index is 916. The zero-order valence-corrected chi connectivity index (χ0v) is 13.2. The van der Waals surface area contributed by atoms with Crippen molar-refractivity contribution in [2.75, 3.05) is 5.32 Å². The molecule has 0 fully saturated rings. The van der Waals surface area contributed by atoms with Crippen LogP contribution in [0, 0.1) is 30.5 Å². The number of H-pyrrole nitrogens is 1. The summed E-state index contributed by atoms with van der Waals surface area (Å²) < 4.78 is 13.4. The van der Waals surface area contributed by atoms with Crippen LogP contribution in [0.3, 0.4) is 0 Å². The summed E-state index contributed by atoms with van der Waals surface area (Å²) in [7, 11) is 0. The normalized spacial score (nSPS) is 10.7. The quantitative estimate of drug-likeness (QED) is 0.699. The van der Waals surface area contributed by atoms with Gasteiger partial charge in [-0.15, -0.1) is 5.10 Å². The Balaban J connectivity index is 2.05. The topological polar surface area (TPSA) is 53.6 Å². The maximum absolute atomic E-state index is 13.4. The Labute approximate surface area is 134 Å². The SMILES string of the molecule is Cc1cc(Nc2cc3nn[nH]c3cc2C#CC(C)C)ccc1F. The van der Waals surface area contributed by atoms with Crippen molar-refractivity contribution in [1.82, 2.24) is 15.4 Å². The number of nitrogens with zero attached hydrogens (tertiary/aromatic N) is 2. The molecule has 1 aromatic heterocycles. The summed E-state index contributed by atoms with van der Waals surface area (Å²) in [5.41, 5.74) is 4.65. The van der Waals surface area contributed by atoms with Gasteiger partial charge in [0.05, 0.1) is 16.8 Å². The molecule has 5 heteroatoms. The van der Waals surface area contributed by atoms with Crippen molar-refractivity contribution in [1.29, 1.82) is 0 Å². The monoisotopic (exact) mass is 308 g/mol. The minimum absolute atomic E-state index is 0.220. The summed E-state index contributed by atoms with van der Waals surface area (Å²) in [5, 5.41) is 14.0. The summed E-state index contributed by atoms with van der Waals surface area (Å²) in [6.45, 7) is 5.82. The van der Waals surface area contributed by atoms with Crippen LogP contribution in [0.4, 0.5) is 15.8 Å². The Hall–Kier alpha value is -2.87. The molecule has 3 rings (SSSR count). The first-order chi connectivity index (χ1) is 11.0. The number of anilines is 2. The molecule has 0 unspecified atom stereocenters. The second-order valence-corrected chi connectivity index (χ2v) is 5.74. The largest absolute Gasteiger partial charge is 0.354 e. The Morgan fingerprint density at radius 1 is 1.22 bits per heavy atom. The number of rotatable bonds is 2. The third kappa shape index (κ3) is 3.32. The first-order valence-corrected chi connectivity index (χ1v) is 7.42. The fraction of sp³-hybridized carbons (Fsp3) is 0.222.